The van der Waals surface area contributed by atoms with Crippen molar-refractivity contribution in [3.63, 3.8) is 0 Å². The molecular formula is C18H23ClN6O2. The molecule has 3 rings (SSSR count). The molecule has 1 aromatic heterocycles. The van der Waals surface area contributed by atoms with Crippen LogP contribution in [0.5, 0.6) is 0 Å². The molecule has 3 amide bonds. The summed E-state index contributed by atoms with van der Waals surface area (Å²) in [6, 6.07) is 6.90. The Hall–Kier alpha value is -2.58. The number of hydrogen-bond acceptors (Lipinski definition) is 4. The third-order valence-corrected chi connectivity index (χ3v) is 5.21. The molecule has 27 heavy (non-hydrogen) atoms. The third kappa shape index (κ3) is 4.06. The van der Waals surface area contributed by atoms with Gasteiger partial charge in [-0.25, -0.2) is 9.48 Å². The van der Waals surface area contributed by atoms with Gasteiger partial charge in [0.05, 0.1) is 16.2 Å². The summed E-state index contributed by atoms with van der Waals surface area (Å²) in [7, 11) is 0. The zero-order valence-corrected chi connectivity index (χ0v) is 16.1. The number of aromatic nitrogens is 2. The lowest BCUT2D eigenvalue weighted by molar-refractivity contribution is -0.129. The number of anilines is 1. The van der Waals surface area contributed by atoms with Crippen LogP contribution >= 0.6 is 11.6 Å². The normalized spacial score (nSPS) is 15.6. The Morgan fingerprint density at radius 2 is 1.93 bits per heavy atom. The second kappa shape index (κ2) is 7.58. The minimum absolute atomic E-state index is 0.200. The lowest BCUT2D eigenvalue weighted by atomic mass is 10.0. The molecule has 0 atom stereocenters. The fourth-order valence-electron chi connectivity index (χ4n) is 3.01. The lowest BCUT2D eigenvalue weighted by Crippen LogP contribution is -2.60. The number of rotatable bonds is 4. The van der Waals surface area contributed by atoms with Gasteiger partial charge in [0, 0.05) is 44.3 Å². The topological polar surface area (TPSA) is 96.5 Å². The molecule has 0 bridgehead atoms. The first kappa shape index (κ1) is 19.2. The number of nitrogens with two attached hydrogens (primary N) is 1. The highest BCUT2D eigenvalue weighted by molar-refractivity contribution is 6.32. The zero-order chi connectivity index (χ0) is 19.6. The van der Waals surface area contributed by atoms with Crippen LogP contribution in [0, 0.1) is 0 Å². The van der Waals surface area contributed by atoms with Gasteiger partial charge in [0.2, 0.25) is 5.91 Å². The van der Waals surface area contributed by atoms with Crippen LogP contribution in [0.4, 0.5) is 10.5 Å². The average Bonchev–Trinajstić information content (AvgIpc) is 3.16. The van der Waals surface area contributed by atoms with E-state index in [2.05, 4.69) is 10.4 Å². The van der Waals surface area contributed by atoms with Crippen LogP contribution in [-0.2, 0) is 4.79 Å². The van der Waals surface area contributed by atoms with Crippen molar-refractivity contribution < 1.29 is 9.59 Å². The molecule has 0 spiro atoms. The van der Waals surface area contributed by atoms with Crippen molar-refractivity contribution in [2.75, 3.05) is 31.5 Å². The molecule has 9 heteroatoms. The Morgan fingerprint density at radius 1 is 1.22 bits per heavy atom. The molecule has 8 nitrogen and oxygen atoms in total. The number of benzene rings is 1. The van der Waals surface area contributed by atoms with Crippen LogP contribution < -0.4 is 11.1 Å². The summed E-state index contributed by atoms with van der Waals surface area (Å²) in [6.45, 7) is 5.80. The molecule has 0 unspecified atom stereocenters. The Kier molecular flexibility index (Phi) is 5.38. The summed E-state index contributed by atoms with van der Waals surface area (Å²) in [5, 5.41) is 7.50. The van der Waals surface area contributed by atoms with E-state index < -0.39 is 5.54 Å². The average molecular weight is 391 g/mol. The van der Waals surface area contributed by atoms with Gasteiger partial charge in [0.15, 0.2) is 0 Å². The highest BCUT2D eigenvalue weighted by atomic mass is 35.5. The van der Waals surface area contributed by atoms with E-state index >= 15 is 0 Å². The van der Waals surface area contributed by atoms with Gasteiger partial charge in [-0.15, -0.1) is 0 Å². The number of nitrogens with zero attached hydrogens (tertiary/aromatic N) is 4. The molecule has 0 aliphatic carbocycles. The monoisotopic (exact) mass is 390 g/mol. The number of primary amides is 1. The molecule has 0 saturated carbocycles. The number of urea groups is 1. The standard InChI is InChI=1S/C18H23ClN6O2/c1-18(2,16(20)26)24-10-8-23(9-11-24)17(27)22-13-4-5-15(14(19)12-13)25-7-3-6-21-25/h3-7,12H,8-11H2,1-2H3,(H2,20,26)(H,22,27). The van der Waals surface area contributed by atoms with Crippen LogP contribution in [0.1, 0.15) is 13.8 Å². The molecule has 1 fully saturated rings. The van der Waals surface area contributed by atoms with Crippen LogP contribution in [0.25, 0.3) is 5.69 Å². The van der Waals surface area contributed by atoms with Gasteiger partial charge in [0.1, 0.15) is 0 Å². The molecule has 2 aromatic rings. The van der Waals surface area contributed by atoms with Crippen LogP contribution in [-0.4, -0.2) is 63.2 Å². The molecule has 1 aromatic carbocycles. The smallest absolute Gasteiger partial charge is 0.321 e. The van der Waals surface area contributed by atoms with Crippen LogP contribution in [0.2, 0.25) is 5.02 Å². The van der Waals surface area contributed by atoms with Gasteiger partial charge >= 0.3 is 6.03 Å². The first-order chi connectivity index (χ1) is 12.8. The van der Waals surface area contributed by atoms with Crippen molar-refractivity contribution >= 4 is 29.2 Å². The summed E-state index contributed by atoms with van der Waals surface area (Å²) in [5.41, 5.74) is 6.09. The fourth-order valence-corrected chi connectivity index (χ4v) is 3.28. The minimum atomic E-state index is -0.724. The summed E-state index contributed by atoms with van der Waals surface area (Å²) in [5.74, 6) is -0.368. The van der Waals surface area contributed by atoms with E-state index in [-0.39, 0.29) is 11.9 Å². The van der Waals surface area contributed by atoms with Crippen molar-refractivity contribution in [1.82, 2.24) is 19.6 Å². The summed E-state index contributed by atoms with van der Waals surface area (Å²) in [4.78, 5) is 27.8. The van der Waals surface area contributed by atoms with Crippen molar-refractivity contribution in [1.29, 1.82) is 0 Å². The number of nitrogens with one attached hydrogen (secondary N) is 1. The lowest BCUT2D eigenvalue weighted by Gasteiger charge is -2.42. The summed E-state index contributed by atoms with van der Waals surface area (Å²) < 4.78 is 1.66. The second-order valence-electron chi connectivity index (χ2n) is 6.94. The third-order valence-electron chi connectivity index (χ3n) is 4.91. The van der Waals surface area contributed by atoms with Gasteiger partial charge < -0.3 is 16.0 Å². The van der Waals surface area contributed by atoms with Crippen LogP contribution in [0.15, 0.2) is 36.7 Å². The first-order valence-corrected chi connectivity index (χ1v) is 9.07. The molecule has 2 heterocycles. The quantitative estimate of drug-likeness (QED) is 0.833. The van der Waals surface area contributed by atoms with Gasteiger partial charge in [0.25, 0.3) is 0 Å². The van der Waals surface area contributed by atoms with E-state index in [1.165, 1.54) is 0 Å². The van der Waals surface area contributed by atoms with Gasteiger partial charge in [-0.05, 0) is 38.1 Å². The van der Waals surface area contributed by atoms with Gasteiger partial charge in [-0.3, -0.25) is 9.69 Å². The van der Waals surface area contributed by atoms with Crippen LogP contribution in [0.3, 0.4) is 0 Å². The maximum atomic E-state index is 12.5. The number of halogens is 1. The Morgan fingerprint density at radius 3 is 2.48 bits per heavy atom. The Bertz CT molecular complexity index is 828. The largest absolute Gasteiger partial charge is 0.368 e. The Balaban J connectivity index is 1.60. The molecule has 1 aliphatic heterocycles. The van der Waals surface area contributed by atoms with E-state index in [1.54, 1.807) is 54.0 Å². The van der Waals surface area contributed by atoms with Crippen molar-refractivity contribution in [2.45, 2.75) is 19.4 Å². The van der Waals surface area contributed by atoms with E-state index in [9.17, 15) is 9.59 Å². The molecule has 1 aliphatic rings. The van der Waals surface area contributed by atoms with E-state index in [0.717, 1.165) is 5.69 Å². The molecule has 144 valence electrons. The predicted molar refractivity (Wildman–Crippen MR) is 104 cm³/mol. The highest BCUT2D eigenvalue weighted by Crippen LogP contribution is 2.24. The fraction of sp³-hybridized carbons (Fsp3) is 0.389. The number of carbonyl (C=O) groups is 2. The molecule has 0 radical (unpaired) electrons. The van der Waals surface area contributed by atoms with Gasteiger partial charge in [-0.1, -0.05) is 11.6 Å². The number of hydrogen-bond donors (Lipinski definition) is 2. The van der Waals surface area contributed by atoms with Crippen molar-refractivity contribution in [3.05, 3.63) is 41.7 Å². The maximum absolute atomic E-state index is 12.5. The maximum Gasteiger partial charge on any atom is 0.321 e. The summed E-state index contributed by atoms with van der Waals surface area (Å²) >= 11 is 6.31. The molecule has 3 N–H and O–H groups in total. The molecule has 1 saturated heterocycles. The Labute approximate surface area is 162 Å². The van der Waals surface area contributed by atoms with E-state index in [1.807, 2.05) is 11.0 Å². The number of amides is 3. The first-order valence-electron chi connectivity index (χ1n) is 8.69. The number of piperazine rings is 1. The SMILES string of the molecule is CC(C)(C(N)=O)N1CCN(C(=O)Nc2ccc(-n3cccn3)c(Cl)c2)CC1. The van der Waals surface area contributed by atoms with E-state index in [4.69, 9.17) is 17.3 Å². The molecular weight excluding hydrogens is 368 g/mol. The zero-order valence-electron chi connectivity index (χ0n) is 15.4. The number of carbonyl (C=O) groups excluding carboxylic acids is 2. The predicted octanol–water partition coefficient (Wildman–Crippen LogP) is 1.94. The van der Waals surface area contributed by atoms with Crippen molar-refractivity contribution in [2.24, 2.45) is 5.73 Å². The second-order valence-corrected chi connectivity index (χ2v) is 7.35. The summed E-state index contributed by atoms with van der Waals surface area (Å²) in [6.07, 6.45) is 3.47. The van der Waals surface area contributed by atoms with Crippen molar-refractivity contribution in [3.8, 4) is 5.69 Å². The highest BCUT2D eigenvalue weighted by Gasteiger charge is 2.35. The minimum Gasteiger partial charge on any atom is -0.368 e. The van der Waals surface area contributed by atoms with E-state index in [0.29, 0.717) is 36.9 Å². The van der Waals surface area contributed by atoms with Gasteiger partial charge in [-0.2, -0.15) is 5.10 Å².